The van der Waals surface area contributed by atoms with E-state index in [9.17, 15) is 14.7 Å². The molecule has 4 nitrogen and oxygen atoms in total. The van der Waals surface area contributed by atoms with Crippen LogP contribution in [0.15, 0.2) is 0 Å². The van der Waals surface area contributed by atoms with E-state index in [-0.39, 0.29) is 12.1 Å². The lowest BCUT2D eigenvalue weighted by Gasteiger charge is -2.37. The molecule has 5 atom stereocenters. The van der Waals surface area contributed by atoms with Crippen LogP contribution in [0.2, 0.25) is 0 Å². The summed E-state index contributed by atoms with van der Waals surface area (Å²) in [5, 5.41) is 9.65. The highest BCUT2D eigenvalue weighted by atomic mass is 16.5. The molecule has 0 spiro atoms. The third-order valence-electron chi connectivity index (χ3n) is 7.86. The highest BCUT2D eigenvalue weighted by Crippen LogP contribution is 2.39. The smallest absolute Gasteiger partial charge is 0.310 e. The second-order valence-electron chi connectivity index (χ2n) is 10.5. The molecule has 0 heterocycles. The summed E-state index contributed by atoms with van der Waals surface area (Å²) < 4.78 is 6.16. The van der Waals surface area contributed by atoms with Crippen molar-refractivity contribution in [3.05, 3.63) is 0 Å². The molecule has 0 aromatic carbocycles. The van der Waals surface area contributed by atoms with Gasteiger partial charge in [0.1, 0.15) is 6.10 Å². The van der Waals surface area contributed by atoms with Crippen LogP contribution in [0.1, 0.15) is 98.8 Å². The van der Waals surface area contributed by atoms with Crippen LogP contribution in [-0.4, -0.2) is 23.1 Å². The van der Waals surface area contributed by atoms with Crippen molar-refractivity contribution in [3.8, 4) is 0 Å². The van der Waals surface area contributed by atoms with Crippen molar-refractivity contribution in [1.82, 2.24) is 0 Å². The zero-order valence-electron chi connectivity index (χ0n) is 19.4. The molecule has 168 valence electrons. The van der Waals surface area contributed by atoms with Gasteiger partial charge in [-0.25, -0.2) is 0 Å². The Bertz CT molecular complexity index is 521. The number of carboxylic acid groups (broad SMARTS) is 1. The molecule has 2 rings (SSSR count). The van der Waals surface area contributed by atoms with Crippen LogP contribution in [0, 0.1) is 41.4 Å². The Morgan fingerprint density at radius 1 is 1.00 bits per heavy atom. The van der Waals surface area contributed by atoms with Crippen molar-refractivity contribution in [3.63, 3.8) is 0 Å². The van der Waals surface area contributed by atoms with Crippen molar-refractivity contribution in [2.75, 3.05) is 0 Å². The van der Waals surface area contributed by atoms with Crippen LogP contribution in [0.4, 0.5) is 0 Å². The number of aliphatic carboxylic acids is 1. The predicted molar refractivity (Wildman–Crippen MR) is 116 cm³/mol. The molecular formula is C25H44O4. The van der Waals surface area contributed by atoms with Crippen LogP contribution < -0.4 is 0 Å². The van der Waals surface area contributed by atoms with E-state index in [1.807, 2.05) is 0 Å². The summed E-state index contributed by atoms with van der Waals surface area (Å²) in [5.41, 5.74) is 0. The second kappa shape index (κ2) is 11.4. The molecule has 0 aliphatic heterocycles. The molecule has 0 amide bonds. The van der Waals surface area contributed by atoms with Crippen LogP contribution in [-0.2, 0) is 14.3 Å². The Hall–Kier alpha value is -1.06. The number of ether oxygens (including phenoxy) is 1. The number of carbonyl (C=O) groups is 2. The first-order chi connectivity index (χ1) is 13.7. The third kappa shape index (κ3) is 7.00. The average Bonchev–Trinajstić information content (AvgIpc) is 2.67. The molecule has 0 saturated heterocycles. The Morgan fingerprint density at radius 3 is 2.21 bits per heavy atom. The summed E-state index contributed by atoms with van der Waals surface area (Å²) >= 11 is 0. The molecule has 4 heteroatoms. The van der Waals surface area contributed by atoms with Gasteiger partial charge in [-0.05, 0) is 68.1 Å². The molecule has 29 heavy (non-hydrogen) atoms. The molecule has 0 radical (unpaired) electrons. The summed E-state index contributed by atoms with van der Waals surface area (Å²) in [6.45, 7) is 11.0. The Balaban J connectivity index is 2.06. The fourth-order valence-electron chi connectivity index (χ4n) is 5.40. The number of carbonyl (C=O) groups excluding carboxylic acids is 1. The highest BCUT2D eigenvalue weighted by Gasteiger charge is 2.41. The zero-order valence-corrected chi connectivity index (χ0v) is 19.4. The van der Waals surface area contributed by atoms with Gasteiger partial charge in [-0.3, -0.25) is 9.59 Å². The molecule has 0 aromatic heterocycles. The van der Waals surface area contributed by atoms with E-state index in [1.54, 1.807) is 0 Å². The van der Waals surface area contributed by atoms with Gasteiger partial charge in [-0.1, -0.05) is 60.3 Å². The maximum atomic E-state index is 13.1. The summed E-state index contributed by atoms with van der Waals surface area (Å²) in [5.74, 6) is 0.507. The quantitative estimate of drug-likeness (QED) is 0.453. The minimum absolute atomic E-state index is 0.0590. The highest BCUT2D eigenvalue weighted by molar-refractivity contribution is 5.81. The summed E-state index contributed by atoms with van der Waals surface area (Å²) in [4.78, 5) is 24.9. The van der Waals surface area contributed by atoms with Gasteiger partial charge in [0.2, 0.25) is 0 Å². The van der Waals surface area contributed by atoms with Crippen LogP contribution in [0.25, 0.3) is 0 Å². The number of hydrogen-bond donors (Lipinski definition) is 1. The largest absolute Gasteiger partial charge is 0.481 e. The Labute approximate surface area is 178 Å². The van der Waals surface area contributed by atoms with Crippen molar-refractivity contribution in [2.45, 2.75) is 105 Å². The lowest BCUT2D eigenvalue weighted by atomic mass is 9.74. The molecule has 5 unspecified atom stereocenters. The van der Waals surface area contributed by atoms with Crippen LogP contribution >= 0.6 is 0 Å². The van der Waals surface area contributed by atoms with Gasteiger partial charge >= 0.3 is 11.9 Å². The van der Waals surface area contributed by atoms with Gasteiger partial charge in [-0.2, -0.15) is 0 Å². The first-order valence-electron chi connectivity index (χ1n) is 12.2. The van der Waals surface area contributed by atoms with Gasteiger partial charge in [0.15, 0.2) is 0 Å². The fraction of sp³-hybridized carbons (Fsp3) is 0.920. The predicted octanol–water partition coefficient (Wildman–Crippen LogP) is 6.32. The van der Waals surface area contributed by atoms with Crippen molar-refractivity contribution in [1.29, 1.82) is 0 Å². The van der Waals surface area contributed by atoms with Crippen molar-refractivity contribution < 1.29 is 19.4 Å². The Kier molecular flexibility index (Phi) is 9.49. The maximum absolute atomic E-state index is 13.1. The molecule has 2 fully saturated rings. The second-order valence-corrected chi connectivity index (χ2v) is 10.5. The SMILES string of the molecule is CCCC1CCC(C(CC(C)C(C)C)OC(=O)C2CCC(C)CC2C(=O)O)CC1. The van der Waals surface area contributed by atoms with E-state index < -0.39 is 17.8 Å². The van der Waals surface area contributed by atoms with Gasteiger partial charge in [-0.15, -0.1) is 0 Å². The normalized spacial score (nSPS) is 32.6. The van der Waals surface area contributed by atoms with Crippen molar-refractivity contribution >= 4 is 11.9 Å². The number of hydrogen-bond acceptors (Lipinski definition) is 3. The molecule has 0 aromatic rings. The standard InChI is InChI=1S/C25H44O4/c1-6-7-19-9-11-20(12-10-19)23(15-18(5)16(2)3)29-25(28)21-13-8-17(4)14-22(21)24(26)27/h16-23H,6-15H2,1-5H3,(H,26,27). The van der Waals surface area contributed by atoms with Crippen LogP contribution in [0.3, 0.4) is 0 Å². The summed E-state index contributed by atoms with van der Waals surface area (Å²) in [6, 6.07) is 0. The fourth-order valence-corrected chi connectivity index (χ4v) is 5.40. The first-order valence-corrected chi connectivity index (χ1v) is 12.2. The van der Waals surface area contributed by atoms with Gasteiger partial charge < -0.3 is 9.84 Å². The molecule has 0 bridgehead atoms. The Morgan fingerprint density at radius 2 is 1.66 bits per heavy atom. The van der Waals surface area contributed by atoms with Gasteiger partial charge in [0.25, 0.3) is 0 Å². The van der Waals surface area contributed by atoms with E-state index in [1.165, 1.54) is 25.7 Å². The lowest BCUT2D eigenvalue weighted by Crippen LogP contribution is -2.40. The molecule has 2 aliphatic rings. The first kappa shape index (κ1) is 24.2. The van der Waals surface area contributed by atoms with E-state index in [0.717, 1.165) is 31.6 Å². The average molecular weight is 409 g/mol. The van der Waals surface area contributed by atoms with Crippen molar-refractivity contribution in [2.24, 2.45) is 41.4 Å². The third-order valence-corrected chi connectivity index (χ3v) is 7.86. The van der Waals surface area contributed by atoms with E-state index >= 15 is 0 Å². The van der Waals surface area contributed by atoms with Gasteiger partial charge in [0, 0.05) is 0 Å². The number of rotatable bonds is 9. The van der Waals surface area contributed by atoms with E-state index in [2.05, 4.69) is 34.6 Å². The molecule has 2 saturated carbocycles. The van der Waals surface area contributed by atoms with Crippen LogP contribution in [0.5, 0.6) is 0 Å². The number of esters is 1. The summed E-state index contributed by atoms with van der Waals surface area (Å²) in [7, 11) is 0. The minimum Gasteiger partial charge on any atom is -0.481 e. The van der Waals surface area contributed by atoms with E-state index in [0.29, 0.717) is 36.5 Å². The lowest BCUT2D eigenvalue weighted by molar-refractivity contribution is -0.168. The monoisotopic (exact) mass is 408 g/mol. The number of carboxylic acids is 1. The summed E-state index contributed by atoms with van der Waals surface area (Å²) in [6.07, 6.45) is 10.3. The van der Waals surface area contributed by atoms with E-state index in [4.69, 9.17) is 4.74 Å². The topological polar surface area (TPSA) is 63.6 Å². The minimum atomic E-state index is -0.842. The zero-order chi connectivity index (χ0) is 21.6. The maximum Gasteiger partial charge on any atom is 0.310 e. The molecular weight excluding hydrogens is 364 g/mol. The molecule has 2 aliphatic carbocycles. The van der Waals surface area contributed by atoms with Gasteiger partial charge in [0.05, 0.1) is 11.8 Å². The molecule has 1 N–H and O–H groups in total.